The maximum atomic E-state index is 13.4. The summed E-state index contributed by atoms with van der Waals surface area (Å²) in [6.07, 6.45) is 0.602. The molecule has 1 heterocycles. The molecular formula is C27H32ClNO4S. The fourth-order valence-corrected chi connectivity index (χ4v) is 5.68. The Hall–Kier alpha value is -2.41. The summed E-state index contributed by atoms with van der Waals surface area (Å²) in [7, 11) is 0. The molecule has 0 aliphatic rings. The molecule has 0 saturated heterocycles. The number of rotatable bonds is 9. The van der Waals surface area contributed by atoms with Gasteiger partial charge in [0, 0.05) is 28.3 Å². The van der Waals surface area contributed by atoms with Gasteiger partial charge in [-0.25, -0.2) is 4.79 Å². The number of carbonyl (C=O) groups is 1. The quantitative estimate of drug-likeness (QED) is 0.257. The summed E-state index contributed by atoms with van der Waals surface area (Å²) in [6, 6.07) is 11.5. The van der Waals surface area contributed by atoms with Crippen LogP contribution in [0.4, 0.5) is 0 Å². The number of hydrogen-bond donors (Lipinski definition) is 1. The van der Waals surface area contributed by atoms with E-state index in [9.17, 15) is 14.5 Å². The van der Waals surface area contributed by atoms with Crippen molar-refractivity contribution in [3.05, 3.63) is 75.1 Å². The molecule has 0 amide bonds. The smallest absolute Gasteiger partial charge is 0.352 e. The van der Waals surface area contributed by atoms with Crippen molar-refractivity contribution in [2.75, 3.05) is 6.61 Å². The van der Waals surface area contributed by atoms with Gasteiger partial charge in [-0.2, -0.15) is 0 Å². The molecule has 0 aliphatic carbocycles. The number of benzene rings is 2. The second kappa shape index (κ2) is 10.9. The minimum Gasteiger partial charge on any atom is -0.606 e. The fraction of sp³-hybridized carbons (Fsp3) is 0.370. The van der Waals surface area contributed by atoms with Crippen LogP contribution >= 0.6 is 11.6 Å². The SMILES string of the molecule is Cc1cc(OCCCn2c(C)c([S+]([O-])c3ccc(C(C)C)cc3)c(C)c2C(=O)O)cc(C)c1Cl. The third kappa shape index (κ3) is 5.45. The van der Waals surface area contributed by atoms with Crippen LogP contribution in [0.1, 0.15) is 64.6 Å². The minimum absolute atomic E-state index is 0.179. The van der Waals surface area contributed by atoms with E-state index in [2.05, 4.69) is 13.8 Å². The van der Waals surface area contributed by atoms with E-state index in [-0.39, 0.29) is 5.69 Å². The van der Waals surface area contributed by atoms with Crippen molar-refractivity contribution in [2.45, 2.75) is 70.2 Å². The monoisotopic (exact) mass is 501 g/mol. The van der Waals surface area contributed by atoms with Crippen molar-refractivity contribution < 1.29 is 19.2 Å². The van der Waals surface area contributed by atoms with Gasteiger partial charge in [0.2, 0.25) is 0 Å². The Morgan fingerprint density at radius 1 is 1.12 bits per heavy atom. The molecule has 0 saturated carbocycles. The van der Waals surface area contributed by atoms with Crippen LogP contribution in [-0.2, 0) is 17.7 Å². The molecule has 0 spiro atoms. The fourth-order valence-electron chi connectivity index (χ4n) is 4.20. The van der Waals surface area contributed by atoms with Gasteiger partial charge in [-0.15, -0.1) is 0 Å². The molecule has 34 heavy (non-hydrogen) atoms. The molecule has 1 atom stereocenters. The van der Waals surface area contributed by atoms with Crippen molar-refractivity contribution in [3.8, 4) is 5.75 Å². The molecule has 0 radical (unpaired) electrons. The standard InChI is InChI=1S/C27H32ClNO4S/c1-16(2)21-8-10-23(11-9-21)34(32)26-19(5)25(27(30)31)29(20(26)6)12-7-13-33-22-14-17(3)24(28)18(4)15-22/h8-11,14-16H,7,12-13H2,1-6H3,(H,30,31). The number of aryl methyl sites for hydroxylation is 2. The highest BCUT2D eigenvalue weighted by atomic mass is 35.5. The maximum Gasteiger partial charge on any atom is 0.352 e. The molecule has 1 unspecified atom stereocenters. The molecule has 0 fully saturated rings. The first-order valence-corrected chi connectivity index (χ1v) is 12.9. The first-order chi connectivity index (χ1) is 16.0. The lowest BCUT2D eigenvalue weighted by Gasteiger charge is -2.13. The van der Waals surface area contributed by atoms with Gasteiger partial charge in [-0.1, -0.05) is 37.6 Å². The normalized spacial score (nSPS) is 12.3. The van der Waals surface area contributed by atoms with E-state index in [0.29, 0.717) is 46.5 Å². The second-order valence-corrected chi connectivity index (χ2v) is 10.7. The second-order valence-electron chi connectivity index (χ2n) is 8.91. The molecule has 5 nitrogen and oxygen atoms in total. The van der Waals surface area contributed by atoms with E-state index >= 15 is 0 Å². The first kappa shape index (κ1) is 26.2. The largest absolute Gasteiger partial charge is 0.606 e. The number of carboxylic acid groups (broad SMARTS) is 1. The Balaban J connectivity index is 1.80. The van der Waals surface area contributed by atoms with Gasteiger partial charge in [0.05, 0.1) is 12.3 Å². The molecule has 3 rings (SSSR count). The number of halogens is 1. The van der Waals surface area contributed by atoms with E-state index < -0.39 is 17.1 Å². The van der Waals surface area contributed by atoms with Gasteiger partial charge in [0.15, 0.2) is 9.79 Å². The van der Waals surface area contributed by atoms with E-state index in [1.165, 1.54) is 5.56 Å². The summed E-state index contributed by atoms with van der Waals surface area (Å²) in [5.41, 5.74) is 4.51. The van der Waals surface area contributed by atoms with Crippen LogP contribution in [0.5, 0.6) is 5.75 Å². The Bertz CT molecular complexity index is 1160. The summed E-state index contributed by atoms with van der Waals surface area (Å²) in [5.74, 6) is 0.0994. The molecule has 7 heteroatoms. The Morgan fingerprint density at radius 3 is 2.24 bits per heavy atom. The van der Waals surface area contributed by atoms with Crippen LogP contribution in [0.25, 0.3) is 0 Å². The summed E-state index contributed by atoms with van der Waals surface area (Å²) < 4.78 is 21.1. The van der Waals surface area contributed by atoms with Gasteiger partial charge >= 0.3 is 5.97 Å². The molecule has 0 aliphatic heterocycles. The number of carboxylic acids is 1. The Morgan fingerprint density at radius 2 is 1.71 bits per heavy atom. The average Bonchev–Trinajstić information content (AvgIpc) is 3.03. The van der Waals surface area contributed by atoms with Crippen molar-refractivity contribution in [1.82, 2.24) is 4.57 Å². The van der Waals surface area contributed by atoms with Crippen LogP contribution in [0.3, 0.4) is 0 Å². The van der Waals surface area contributed by atoms with Crippen LogP contribution in [0, 0.1) is 27.7 Å². The summed E-state index contributed by atoms with van der Waals surface area (Å²) in [4.78, 5) is 13.3. The lowest BCUT2D eigenvalue weighted by molar-refractivity contribution is 0.0683. The van der Waals surface area contributed by atoms with Gasteiger partial charge in [-0.3, -0.25) is 0 Å². The first-order valence-electron chi connectivity index (χ1n) is 11.4. The maximum absolute atomic E-state index is 13.4. The number of ether oxygens (including phenoxy) is 1. The number of hydrogen-bond acceptors (Lipinski definition) is 3. The van der Waals surface area contributed by atoms with Gasteiger partial charge in [0.1, 0.15) is 11.4 Å². The van der Waals surface area contributed by atoms with Crippen LogP contribution < -0.4 is 4.74 Å². The highest BCUT2D eigenvalue weighted by Crippen LogP contribution is 2.32. The zero-order chi connectivity index (χ0) is 25.2. The lowest BCUT2D eigenvalue weighted by Crippen LogP contribution is -2.13. The number of aromatic carboxylic acids is 1. The zero-order valence-electron chi connectivity index (χ0n) is 20.6. The van der Waals surface area contributed by atoms with Crippen molar-refractivity contribution in [2.24, 2.45) is 0 Å². The van der Waals surface area contributed by atoms with Crippen molar-refractivity contribution in [3.63, 3.8) is 0 Å². The lowest BCUT2D eigenvalue weighted by atomic mass is 10.0. The molecule has 3 aromatic rings. The molecule has 0 bridgehead atoms. The number of aromatic nitrogens is 1. The van der Waals surface area contributed by atoms with E-state index in [4.69, 9.17) is 16.3 Å². The number of nitrogens with zero attached hydrogens (tertiary/aromatic N) is 1. The average molecular weight is 502 g/mol. The topological polar surface area (TPSA) is 74.5 Å². The molecule has 2 aromatic carbocycles. The highest BCUT2D eigenvalue weighted by molar-refractivity contribution is 7.91. The molecule has 1 aromatic heterocycles. The molecular weight excluding hydrogens is 470 g/mol. The Labute approximate surface area is 209 Å². The van der Waals surface area contributed by atoms with Gasteiger partial charge in [-0.05, 0) is 81.0 Å². The van der Waals surface area contributed by atoms with E-state index in [1.54, 1.807) is 11.5 Å². The summed E-state index contributed by atoms with van der Waals surface area (Å²) >= 11 is 4.75. The zero-order valence-corrected chi connectivity index (χ0v) is 22.1. The third-order valence-corrected chi connectivity index (χ3v) is 8.32. The predicted molar refractivity (Wildman–Crippen MR) is 137 cm³/mol. The van der Waals surface area contributed by atoms with Crippen molar-refractivity contribution in [1.29, 1.82) is 0 Å². The molecule has 182 valence electrons. The van der Waals surface area contributed by atoms with E-state index in [0.717, 1.165) is 21.9 Å². The Kier molecular flexibility index (Phi) is 8.39. The van der Waals surface area contributed by atoms with Crippen LogP contribution in [0.2, 0.25) is 5.02 Å². The van der Waals surface area contributed by atoms with Gasteiger partial charge in [0.25, 0.3) is 0 Å². The third-order valence-electron chi connectivity index (χ3n) is 6.05. The van der Waals surface area contributed by atoms with Gasteiger partial charge < -0.3 is 19.0 Å². The minimum atomic E-state index is -1.47. The summed E-state index contributed by atoms with van der Waals surface area (Å²) in [5, 5.41) is 10.6. The van der Waals surface area contributed by atoms with E-state index in [1.807, 2.05) is 57.2 Å². The summed E-state index contributed by atoms with van der Waals surface area (Å²) in [6.45, 7) is 12.5. The highest BCUT2D eigenvalue weighted by Gasteiger charge is 2.30. The van der Waals surface area contributed by atoms with Crippen LogP contribution in [0.15, 0.2) is 46.2 Å². The predicted octanol–water partition coefficient (Wildman–Crippen LogP) is 6.83. The molecule has 1 N–H and O–H groups in total. The van der Waals surface area contributed by atoms with Crippen molar-refractivity contribution >= 4 is 28.7 Å². The van der Waals surface area contributed by atoms with Crippen LogP contribution in [-0.4, -0.2) is 26.8 Å².